The van der Waals surface area contributed by atoms with Gasteiger partial charge in [0.05, 0.1) is 0 Å². The maximum atomic E-state index is 3.53. The lowest BCUT2D eigenvalue weighted by atomic mass is 9.84. The van der Waals surface area contributed by atoms with Gasteiger partial charge in [0, 0.05) is 25.2 Å². The normalized spacial score (nSPS) is 25.1. The highest BCUT2D eigenvalue weighted by Crippen LogP contribution is 2.28. The van der Waals surface area contributed by atoms with Crippen molar-refractivity contribution < 1.29 is 0 Å². The lowest BCUT2D eigenvalue weighted by Crippen LogP contribution is -2.63. The second-order valence-electron chi connectivity index (χ2n) is 4.63. The van der Waals surface area contributed by atoms with Crippen LogP contribution < -0.4 is 5.32 Å². The Hall–Kier alpha value is 0.750. The zero-order valence-corrected chi connectivity index (χ0v) is 12.5. The fourth-order valence-corrected chi connectivity index (χ4v) is 2.53. The van der Waals surface area contributed by atoms with E-state index >= 15 is 0 Å². The van der Waals surface area contributed by atoms with E-state index in [0.29, 0.717) is 5.54 Å². The van der Waals surface area contributed by atoms with Crippen molar-refractivity contribution in [3.05, 3.63) is 0 Å². The van der Waals surface area contributed by atoms with Crippen LogP contribution in [0.4, 0.5) is 0 Å². The molecule has 0 aliphatic carbocycles. The molecule has 0 bridgehead atoms. The van der Waals surface area contributed by atoms with E-state index in [1.54, 1.807) is 0 Å². The summed E-state index contributed by atoms with van der Waals surface area (Å²) in [6.45, 7) is 6.08. The van der Waals surface area contributed by atoms with Crippen LogP contribution in [0.1, 0.15) is 12.8 Å². The Bertz CT molecular complexity index is 184. The largest absolute Gasteiger partial charge is 0.314 e. The molecule has 0 amide bonds. The van der Waals surface area contributed by atoms with E-state index < -0.39 is 0 Å². The average molecular weight is 293 g/mol. The number of halogens is 3. The van der Waals surface area contributed by atoms with E-state index in [9.17, 15) is 0 Å². The van der Waals surface area contributed by atoms with Crippen LogP contribution in [0.25, 0.3) is 0 Å². The summed E-state index contributed by atoms with van der Waals surface area (Å²) in [6, 6.07) is 0. The van der Waals surface area contributed by atoms with Gasteiger partial charge in [0.25, 0.3) is 0 Å². The van der Waals surface area contributed by atoms with Gasteiger partial charge in [-0.15, -0.1) is 37.2 Å². The fourth-order valence-electron chi connectivity index (χ4n) is 2.53. The van der Waals surface area contributed by atoms with E-state index in [-0.39, 0.29) is 37.2 Å². The first-order chi connectivity index (χ1) is 6.23. The maximum Gasteiger partial charge on any atom is 0.0355 e. The van der Waals surface area contributed by atoms with Crippen LogP contribution in [0.15, 0.2) is 0 Å². The van der Waals surface area contributed by atoms with Crippen molar-refractivity contribution >= 4 is 37.2 Å². The van der Waals surface area contributed by atoms with E-state index in [2.05, 4.69) is 29.2 Å². The number of nitrogens with zero attached hydrogens (tertiary/aromatic N) is 2. The quantitative estimate of drug-likeness (QED) is 0.725. The smallest absolute Gasteiger partial charge is 0.0355 e. The first kappa shape index (κ1) is 19.1. The second kappa shape index (κ2) is 7.96. The van der Waals surface area contributed by atoms with Crippen LogP contribution in [0, 0.1) is 0 Å². The summed E-state index contributed by atoms with van der Waals surface area (Å²) in [5.74, 6) is 0. The predicted molar refractivity (Wildman–Crippen MR) is 76.7 cm³/mol. The Kier molecular flexibility index (Phi) is 9.50. The zero-order valence-electron chi connectivity index (χ0n) is 10.1. The number of likely N-dealkylation sites (N-methyl/N-ethyl adjacent to an activating group) is 1. The average Bonchev–Trinajstić information content (AvgIpc) is 2.15. The minimum atomic E-state index is 0. The van der Waals surface area contributed by atoms with Crippen molar-refractivity contribution in [1.82, 2.24) is 15.1 Å². The fraction of sp³-hybridized carbons (Fsp3) is 1.00. The lowest BCUT2D eigenvalue weighted by molar-refractivity contribution is 0.0284. The molecule has 0 aromatic heterocycles. The molecule has 2 rings (SSSR count). The molecule has 2 heterocycles. The number of piperidine rings is 1. The molecule has 0 radical (unpaired) electrons. The molecule has 1 N–H and O–H groups in total. The van der Waals surface area contributed by atoms with Crippen molar-refractivity contribution in [2.75, 3.05) is 46.8 Å². The molecular formula is C10H24Cl3N3. The van der Waals surface area contributed by atoms with Crippen molar-refractivity contribution in [3.8, 4) is 0 Å². The Morgan fingerprint density at radius 1 is 0.938 bits per heavy atom. The maximum absolute atomic E-state index is 3.53. The third-order valence-electron chi connectivity index (χ3n) is 3.81. The van der Waals surface area contributed by atoms with Crippen LogP contribution in [0.2, 0.25) is 0 Å². The van der Waals surface area contributed by atoms with Gasteiger partial charge in [-0.1, -0.05) is 0 Å². The van der Waals surface area contributed by atoms with Gasteiger partial charge in [-0.05, 0) is 40.0 Å². The van der Waals surface area contributed by atoms with Crippen molar-refractivity contribution in [2.24, 2.45) is 0 Å². The van der Waals surface area contributed by atoms with Crippen molar-refractivity contribution in [2.45, 2.75) is 18.4 Å². The molecule has 2 fully saturated rings. The van der Waals surface area contributed by atoms with Gasteiger partial charge in [-0.2, -0.15) is 0 Å². The zero-order chi connectivity index (χ0) is 9.31. The van der Waals surface area contributed by atoms with E-state index in [1.165, 1.54) is 39.0 Å². The number of hydrogen-bond donors (Lipinski definition) is 1. The minimum absolute atomic E-state index is 0. The number of likely N-dealkylation sites (tertiary alicyclic amines) is 1. The van der Waals surface area contributed by atoms with E-state index in [1.807, 2.05) is 0 Å². The molecule has 2 aliphatic rings. The number of piperazine rings is 1. The Morgan fingerprint density at radius 2 is 1.50 bits per heavy atom. The summed E-state index contributed by atoms with van der Waals surface area (Å²) < 4.78 is 0. The van der Waals surface area contributed by atoms with Crippen LogP contribution >= 0.6 is 37.2 Å². The van der Waals surface area contributed by atoms with Crippen LogP contribution in [0.5, 0.6) is 0 Å². The summed E-state index contributed by atoms with van der Waals surface area (Å²) in [4.78, 5) is 5.00. The monoisotopic (exact) mass is 291 g/mol. The topological polar surface area (TPSA) is 18.5 Å². The van der Waals surface area contributed by atoms with Crippen LogP contribution in [-0.4, -0.2) is 62.2 Å². The Morgan fingerprint density at radius 3 is 2.00 bits per heavy atom. The Labute approximate surface area is 118 Å². The second-order valence-corrected chi connectivity index (χ2v) is 4.63. The molecule has 16 heavy (non-hydrogen) atoms. The van der Waals surface area contributed by atoms with Crippen molar-refractivity contribution in [1.29, 1.82) is 0 Å². The van der Waals surface area contributed by atoms with Gasteiger partial charge in [0.15, 0.2) is 0 Å². The summed E-state index contributed by atoms with van der Waals surface area (Å²) in [5.41, 5.74) is 0.477. The summed E-state index contributed by atoms with van der Waals surface area (Å²) in [6.07, 6.45) is 2.65. The highest BCUT2D eigenvalue weighted by Gasteiger charge is 2.38. The molecule has 6 heteroatoms. The summed E-state index contributed by atoms with van der Waals surface area (Å²) >= 11 is 0. The lowest BCUT2D eigenvalue weighted by Gasteiger charge is -2.49. The van der Waals surface area contributed by atoms with E-state index in [4.69, 9.17) is 0 Å². The molecule has 2 saturated heterocycles. The SMILES string of the molecule is CN1CCC2(CC1)CNCCN2C.Cl.Cl.Cl. The molecular weight excluding hydrogens is 268 g/mol. The highest BCUT2D eigenvalue weighted by molar-refractivity contribution is 5.86. The molecule has 1 spiro atoms. The number of hydrogen-bond acceptors (Lipinski definition) is 3. The van der Waals surface area contributed by atoms with Gasteiger partial charge in [0.2, 0.25) is 0 Å². The van der Waals surface area contributed by atoms with Gasteiger partial charge in [-0.25, -0.2) is 0 Å². The highest BCUT2D eigenvalue weighted by atomic mass is 35.5. The van der Waals surface area contributed by atoms with Gasteiger partial charge in [-0.3, -0.25) is 4.90 Å². The molecule has 2 aliphatic heterocycles. The number of nitrogens with one attached hydrogen (secondary N) is 1. The summed E-state index contributed by atoms with van der Waals surface area (Å²) in [5, 5.41) is 3.53. The van der Waals surface area contributed by atoms with Gasteiger partial charge < -0.3 is 10.2 Å². The Balaban J connectivity index is 0. The summed E-state index contributed by atoms with van der Waals surface area (Å²) in [7, 11) is 4.51. The third-order valence-corrected chi connectivity index (χ3v) is 3.81. The van der Waals surface area contributed by atoms with Gasteiger partial charge >= 0.3 is 0 Å². The molecule has 0 aromatic carbocycles. The molecule has 0 unspecified atom stereocenters. The molecule has 0 aromatic rings. The molecule has 0 atom stereocenters. The molecule has 3 nitrogen and oxygen atoms in total. The van der Waals surface area contributed by atoms with Gasteiger partial charge in [0.1, 0.15) is 0 Å². The molecule has 0 saturated carbocycles. The standard InChI is InChI=1S/C10H21N3.3ClH/c1-12-6-3-10(4-7-12)9-11-5-8-13(10)2;;;/h11H,3-9H2,1-2H3;3*1H. The minimum Gasteiger partial charge on any atom is -0.314 e. The number of rotatable bonds is 0. The predicted octanol–water partition coefficient (Wildman–Crippen LogP) is 1.25. The van der Waals surface area contributed by atoms with Crippen LogP contribution in [-0.2, 0) is 0 Å². The first-order valence-corrected chi connectivity index (χ1v) is 5.33. The molecule has 100 valence electrons. The van der Waals surface area contributed by atoms with Crippen LogP contribution in [0.3, 0.4) is 0 Å². The van der Waals surface area contributed by atoms with Crippen molar-refractivity contribution in [3.63, 3.8) is 0 Å². The first-order valence-electron chi connectivity index (χ1n) is 5.33. The van der Waals surface area contributed by atoms with E-state index in [0.717, 1.165) is 6.54 Å². The third kappa shape index (κ3) is 3.90.